The molecule has 0 atom stereocenters. The van der Waals surface area contributed by atoms with Gasteiger partial charge in [-0.1, -0.05) is 18.2 Å². The van der Waals surface area contributed by atoms with E-state index in [1.54, 1.807) is 24.5 Å². The van der Waals surface area contributed by atoms with E-state index in [1.807, 2.05) is 47.0 Å². The van der Waals surface area contributed by atoms with Crippen LogP contribution in [0.1, 0.15) is 5.69 Å². The van der Waals surface area contributed by atoms with Crippen molar-refractivity contribution >= 4 is 11.8 Å². The Morgan fingerprint density at radius 1 is 0.920 bits per heavy atom. The standard InChI is InChI=1S/C17H10N6OS/c18-11-12-8-9-15(20-19-12)25-17-22-21-16(14-7-4-10-24-14)23(17)13-5-2-1-3-6-13/h1-10H. The van der Waals surface area contributed by atoms with Crippen molar-refractivity contribution in [2.75, 3.05) is 0 Å². The maximum absolute atomic E-state index is 8.82. The highest BCUT2D eigenvalue weighted by Gasteiger charge is 2.18. The fourth-order valence-electron chi connectivity index (χ4n) is 2.24. The molecular weight excluding hydrogens is 336 g/mol. The van der Waals surface area contributed by atoms with Crippen LogP contribution in [-0.2, 0) is 0 Å². The van der Waals surface area contributed by atoms with E-state index in [0.717, 1.165) is 5.69 Å². The highest BCUT2D eigenvalue weighted by Crippen LogP contribution is 2.31. The van der Waals surface area contributed by atoms with Gasteiger partial charge < -0.3 is 4.42 Å². The molecule has 3 aromatic heterocycles. The summed E-state index contributed by atoms with van der Waals surface area (Å²) in [6, 6.07) is 18.7. The van der Waals surface area contributed by atoms with Gasteiger partial charge in [0.05, 0.1) is 6.26 Å². The Labute approximate surface area is 147 Å². The van der Waals surface area contributed by atoms with Crippen LogP contribution in [-0.4, -0.2) is 25.0 Å². The first-order chi connectivity index (χ1) is 12.3. The lowest BCUT2D eigenvalue weighted by Crippen LogP contribution is -1.99. The van der Waals surface area contributed by atoms with Crippen molar-refractivity contribution in [3.8, 4) is 23.3 Å². The van der Waals surface area contributed by atoms with Gasteiger partial charge in [0.15, 0.2) is 11.5 Å². The van der Waals surface area contributed by atoms with Gasteiger partial charge in [-0.25, -0.2) is 0 Å². The van der Waals surface area contributed by atoms with Crippen molar-refractivity contribution in [1.29, 1.82) is 5.26 Å². The molecule has 4 rings (SSSR count). The first-order valence-electron chi connectivity index (χ1n) is 7.31. The van der Waals surface area contributed by atoms with Crippen molar-refractivity contribution in [3.05, 3.63) is 66.6 Å². The van der Waals surface area contributed by atoms with E-state index in [0.29, 0.717) is 21.8 Å². The van der Waals surface area contributed by atoms with Crippen LogP contribution >= 0.6 is 11.8 Å². The number of rotatable bonds is 4. The van der Waals surface area contributed by atoms with Gasteiger partial charge in [0.2, 0.25) is 11.0 Å². The van der Waals surface area contributed by atoms with Gasteiger partial charge in [-0.05, 0) is 48.2 Å². The summed E-state index contributed by atoms with van der Waals surface area (Å²) in [6.45, 7) is 0. The molecule has 25 heavy (non-hydrogen) atoms. The van der Waals surface area contributed by atoms with Crippen LogP contribution in [0, 0.1) is 11.3 Å². The molecule has 0 N–H and O–H groups in total. The fourth-order valence-corrected chi connectivity index (χ4v) is 3.01. The van der Waals surface area contributed by atoms with Crippen molar-refractivity contribution in [3.63, 3.8) is 0 Å². The minimum atomic E-state index is 0.269. The molecule has 0 radical (unpaired) electrons. The summed E-state index contributed by atoms with van der Waals surface area (Å²) < 4.78 is 7.37. The lowest BCUT2D eigenvalue weighted by atomic mass is 10.3. The van der Waals surface area contributed by atoms with Gasteiger partial charge in [-0.3, -0.25) is 4.57 Å². The second kappa shape index (κ2) is 6.59. The second-order valence-electron chi connectivity index (χ2n) is 4.93. The van der Waals surface area contributed by atoms with Gasteiger partial charge in [-0.2, -0.15) is 5.26 Å². The van der Waals surface area contributed by atoms with Gasteiger partial charge in [-0.15, -0.1) is 20.4 Å². The molecule has 0 unspecified atom stereocenters. The van der Waals surface area contributed by atoms with Gasteiger partial charge in [0.1, 0.15) is 11.1 Å². The second-order valence-corrected chi connectivity index (χ2v) is 5.91. The van der Waals surface area contributed by atoms with Crippen molar-refractivity contribution in [2.45, 2.75) is 10.2 Å². The number of furan rings is 1. The average Bonchev–Trinajstić information content (AvgIpc) is 3.32. The van der Waals surface area contributed by atoms with E-state index in [2.05, 4.69) is 20.4 Å². The normalized spacial score (nSPS) is 10.5. The van der Waals surface area contributed by atoms with E-state index in [4.69, 9.17) is 9.68 Å². The average molecular weight is 346 g/mol. The Kier molecular flexibility index (Phi) is 3.98. The molecule has 0 spiro atoms. The largest absolute Gasteiger partial charge is 0.461 e. The number of hydrogen-bond acceptors (Lipinski definition) is 7. The topological polar surface area (TPSA) is 93.4 Å². The minimum Gasteiger partial charge on any atom is -0.461 e. The molecule has 0 saturated heterocycles. The number of nitriles is 1. The van der Waals surface area contributed by atoms with Crippen LogP contribution in [0.4, 0.5) is 0 Å². The van der Waals surface area contributed by atoms with Crippen LogP contribution in [0.3, 0.4) is 0 Å². The monoisotopic (exact) mass is 346 g/mol. The number of aromatic nitrogens is 5. The number of nitrogens with zero attached hydrogens (tertiary/aromatic N) is 6. The predicted octanol–water partition coefficient (Wildman–Crippen LogP) is 3.34. The third-order valence-electron chi connectivity index (χ3n) is 3.34. The molecule has 0 aliphatic carbocycles. The summed E-state index contributed by atoms with van der Waals surface area (Å²) in [5.41, 5.74) is 1.17. The summed E-state index contributed by atoms with van der Waals surface area (Å²) in [6.07, 6.45) is 1.60. The summed E-state index contributed by atoms with van der Waals surface area (Å²) in [5, 5.41) is 26.5. The lowest BCUT2D eigenvalue weighted by Gasteiger charge is -2.08. The Bertz CT molecular complexity index is 1020. The molecule has 0 aliphatic rings. The van der Waals surface area contributed by atoms with Crippen molar-refractivity contribution in [1.82, 2.24) is 25.0 Å². The third kappa shape index (κ3) is 3.00. The zero-order chi connectivity index (χ0) is 17.1. The van der Waals surface area contributed by atoms with E-state index in [-0.39, 0.29) is 5.69 Å². The molecular formula is C17H10N6OS. The fraction of sp³-hybridized carbons (Fsp3) is 0. The Morgan fingerprint density at radius 2 is 1.80 bits per heavy atom. The Morgan fingerprint density at radius 3 is 2.48 bits per heavy atom. The molecule has 0 aliphatic heterocycles. The summed E-state index contributed by atoms with van der Waals surface area (Å²) in [4.78, 5) is 0. The van der Waals surface area contributed by atoms with Crippen LogP contribution < -0.4 is 0 Å². The van der Waals surface area contributed by atoms with Crippen LogP contribution in [0.25, 0.3) is 17.3 Å². The molecule has 0 amide bonds. The van der Waals surface area contributed by atoms with E-state index in [9.17, 15) is 0 Å². The summed E-state index contributed by atoms with van der Waals surface area (Å²) >= 11 is 1.31. The molecule has 0 bridgehead atoms. The third-order valence-corrected chi connectivity index (χ3v) is 4.21. The quantitative estimate of drug-likeness (QED) is 0.559. The van der Waals surface area contributed by atoms with Crippen LogP contribution in [0.5, 0.6) is 0 Å². The molecule has 3 heterocycles. The highest BCUT2D eigenvalue weighted by molar-refractivity contribution is 7.99. The molecule has 0 fully saturated rings. The van der Waals surface area contributed by atoms with Gasteiger partial charge in [0, 0.05) is 5.69 Å². The molecule has 1 aromatic carbocycles. The van der Waals surface area contributed by atoms with Crippen molar-refractivity contribution < 1.29 is 4.42 Å². The number of benzene rings is 1. The van der Waals surface area contributed by atoms with E-state index < -0.39 is 0 Å². The molecule has 0 saturated carbocycles. The van der Waals surface area contributed by atoms with E-state index >= 15 is 0 Å². The molecule has 7 nitrogen and oxygen atoms in total. The lowest BCUT2D eigenvalue weighted by molar-refractivity contribution is 0.575. The number of para-hydroxylation sites is 1. The first kappa shape index (κ1) is 15.1. The predicted molar refractivity (Wildman–Crippen MR) is 89.9 cm³/mol. The van der Waals surface area contributed by atoms with Crippen LogP contribution in [0.15, 0.2) is 75.5 Å². The van der Waals surface area contributed by atoms with Gasteiger partial charge >= 0.3 is 0 Å². The molecule has 4 aromatic rings. The van der Waals surface area contributed by atoms with Crippen LogP contribution in [0.2, 0.25) is 0 Å². The smallest absolute Gasteiger partial charge is 0.205 e. The SMILES string of the molecule is N#Cc1ccc(Sc2nnc(-c3ccco3)n2-c2ccccc2)nn1. The Hall–Kier alpha value is -3.44. The maximum Gasteiger partial charge on any atom is 0.205 e. The molecule has 8 heteroatoms. The molecule has 120 valence electrons. The summed E-state index contributed by atoms with van der Waals surface area (Å²) in [7, 11) is 0. The Balaban J connectivity index is 1.78. The maximum atomic E-state index is 8.82. The first-order valence-corrected chi connectivity index (χ1v) is 8.13. The zero-order valence-electron chi connectivity index (χ0n) is 12.8. The van der Waals surface area contributed by atoms with E-state index in [1.165, 1.54) is 11.8 Å². The number of hydrogen-bond donors (Lipinski definition) is 0. The van der Waals surface area contributed by atoms with Gasteiger partial charge in [0.25, 0.3) is 0 Å². The minimum absolute atomic E-state index is 0.269. The highest BCUT2D eigenvalue weighted by atomic mass is 32.2. The van der Waals surface area contributed by atoms with Crippen molar-refractivity contribution in [2.24, 2.45) is 0 Å². The zero-order valence-corrected chi connectivity index (χ0v) is 13.6. The summed E-state index contributed by atoms with van der Waals surface area (Å²) in [5.74, 6) is 1.22.